The van der Waals surface area contributed by atoms with Crippen molar-refractivity contribution in [2.24, 2.45) is 0 Å². The Morgan fingerprint density at radius 3 is 3.00 bits per heavy atom. The van der Waals surface area contributed by atoms with Crippen LogP contribution in [0.5, 0.6) is 0 Å². The van der Waals surface area contributed by atoms with E-state index in [9.17, 15) is 4.79 Å². The first-order valence-corrected chi connectivity index (χ1v) is 9.18. The molecule has 1 amide bonds. The summed E-state index contributed by atoms with van der Waals surface area (Å²) in [6.07, 6.45) is 0.879. The quantitative estimate of drug-likeness (QED) is 0.763. The van der Waals surface area contributed by atoms with Gasteiger partial charge < -0.3 is 14.6 Å². The molecule has 0 radical (unpaired) electrons. The van der Waals surface area contributed by atoms with Crippen LogP contribution in [0.3, 0.4) is 0 Å². The predicted octanol–water partition coefficient (Wildman–Crippen LogP) is 3.59. The Labute approximate surface area is 157 Å². The average Bonchev–Trinajstić information content (AvgIpc) is 3.09. The second-order valence-electron chi connectivity index (χ2n) is 6.44. The Bertz CT molecular complexity index is 891. The molecule has 1 unspecified atom stereocenters. The number of hydrogen-bond acceptors (Lipinski definition) is 4. The molecule has 6 heteroatoms. The van der Waals surface area contributed by atoms with Crippen molar-refractivity contribution >= 4 is 28.6 Å². The molecule has 0 saturated carbocycles. The zero-order valence-electron chi connectivity index (χ0n) is 14.3. The third-order valence-corrected chi connectivity index (χ3v) is 4.92. The van der Waals surface area contributed by atoms with Gasteiger partial charge in [-0.25, -0.2) is 4.98 Å². The second-order valence-corrected chi connectivity index (χ2v) is 6.87. The molecule has 1 aromatic heterocycles. The minimum atomic E-state index is -0.00131. The number of aryl methyl sites for hydroxylation is 1. The van der Waals surface area contributed by atoms with E-state index in [1.165, 1.54) is 0 Å². The highest BCUT2D eigenvalue weighted by molar-refractivity contribution is 6.30. The molecule has 26 heavy (non-hydrogen) atoms. The van der Waals surface area contributed by atoms with E-state index in [1.54, 1.807) is 0 Å². The summed E-state index contributed by atoms with van der Waals surface area (Å²) >= 11 is 6.13. The van der Waals surface area contributed by atoms with Crippen LogP contribution >= 0.6 is 11.6 Å². The minimum absolute atomic E-state index is 0.00131. The molecule has 1 N–H and O–H groups in total. The molecule has 0 spiro atoms. The van der Waals surface area contributed by atoms with Crippen LogP contribution in [0.1, 0.15) is 23.9 Å². The van der Waals surface area contributed by atoms with Gasteiger partial charge in [-0.1, -0.05) is 35.9 Å². The molecule has 0 bridgehead atoms. The summed E-state index contributed by atoms with van der Waals surface area (Å²) in [4.78, 5) is 19.2. The highest BCUT2D eigenvalue weighted by Crippen LogP contribution is 2.26. The van der Waals surface area contributed by atoms with Gasteiger partial charge in [-0.2, -0.15) is 0 Å². The van der Waals surface area contributed by atoms with Crippen LogP contribution in [0.25, 0.3) is 11.1 Å². The van der Waals surface area contributed by atoms with Crippen LogP contribution < -0.4 is 5.32 Å². The van der Waals surface area contributed by atoms with Crippen LogP contribution in [0.4, 0.5) is 0 Å². The third kappa shape index (κ3) is 3.59. The number of fused-ring (bicyclic) bond motifs is 1. The van der Waals surface area contributed by atoms with Crippen molar-refractivity contribution in [3.05, 3.63) is 65.0 Å². The number of nitrogens with zero attached hydrogens (tertiary/aromatic N) is 2. The fourth-order valence-electron chi connectivity index (χ4n) is 3.40. The Morgan fingerprint density at radius 1 is 1.27 bits per heavy atom. The van der Waals surface area contributed by atoms with Gasteiger partial charge in [-0.15, -0.1) is 0 Å². The number of nitrogens with one attached hydrogen (secondary N) is 1. The molecule has 5 nitrogen and oxygen atoms in total. The topological polar surface area (TPSA) is 58.4 Å². The normalized spacial score (nSPS) is 17.6. The standard InChI is InChI=1S/C20H20ClN3O2/c21-15-5-3-4-14(12-15)17-13-22-10-11-24(17)20(25)9-8-19-23-16-6-1-2-7-18(16)26-19/h1-7,12,17,22H,8-11,13H2. The first-order valence-electron chi connectivity index (χ1n) is 8.81. The van der Waals surface area contributed by atoms with Gasteiger partial charge in [0.1, 0.15) is 5.52 Å². The summed E-state index contributed by atoms with van der Waals surface area (Å²) < 4.78 is 5.72. The van der Waals surface area contributed by atoms with E-state index in [-0.39, 0.29) is 11.9 Å². The molecule has 1 aliphatic rings. The summed E-state index contributed by atoms with van der Waals surface area (Å²) in [7, 11) is 0. The monoisotopic (exact) mass is 369 g/mol. The number of hydrogen-bond donors (Lipinski definition) is 1. The molecule has 134 valence electrons. The Kier molecular flexibility index (Phi) is 4.91. The number of amides is 1. The van der Waals surface area contributed by atoms with Gasteiger partial charge in [-0.05, 0) is 29.8 Å². The first kappa shape index (κ1) is 17.1. The summed E-state index contributed by atoms with van der Waals surface area (Å²) in [6.45, 7) is 2.21. The third-order valence-electron chi connectivity index (χ3n) is 4.69. The van der Waals surface area contributed by atoms with Gasteiger partial charge in [0.05, 0.1) is 6.04 Å². The summed E-state index contributed by atoms with van der Waals surface area (Å²) in [6, 6.07) is 15.4. The highest BCUT2D eigenvalue weighted by Gasteiger charge is 2.28. The SMILES string of the molecule is O=C(CCc1nc2ccccc2o1)N1CCNCC1c1cccc(Cl)c1. The zero-order chi connectivity index (χ0) is 17.9. The van der Waals surface area contributed by atoms with Gasteiger partial charge in [0.25, 0.3) is 0 Å². The molecular weight excluding hydrogens is 350 g/mol. The van der Waals surface area contributed by atoms with Gasteiger partial charge in [0.2, 0.25) is 5.91 Å². The maximum atomic E-state index is 12.9. The molecule has 1 atom stereocenters. The van der Waals surface area contributed by atoms with E-state index >= 15 is 0 Å². The molecule has 4 rings (SSSR count). The number of rotatable bonds is 4. The van der Waals surface area contributed by atoms with Gasteiger partial charge >= 0.3 is 0 Å². The highest BCUT2D eigenvalue weighted by atomic mass is 35.5. The lowest BCUT2D eigenvalue weighted by atomic mass is 10.0. The van der Waals surface area contributed by atoms with Crippen molar-refractivity contribution in [1.29, 1.82) is 0 Å². The van der Waals surface area contributed by atoms with E-state index in [4.69, 9.17) is 16.0 Å². The molecular formula is C20H20ClN3O2. The van der Waals surface area contributed by atoms with Crippen LogP contribution in [0.15, 0.2) is 52.9 Å². The molecule has 1 saturated heterocycles. The number of benzene rings is 2. The minimum Gasteiger partial charge on any atom is -0.441 e. The Balaban J connectivity index is 1.46. The number of halogens is 1. The predicted molar refractivity (Wildman–Crippen MR) is 101 cm³/mol. The summed E-state index contributed by atoms with van der Waals surface area (Å²) in [5, 5.41) is 4.05. The lowest BCUT2D eigenvalue weighted by molar-refractivity contribution is -0.134. The van der Waals surface area contributed by atoms with E-state index in [0.29, 0.717) is 30.3 Å². The van der Waals surface area contributed by atoms with Crippen LogP contribution in [0, 0.1) is 0 Å². The van der Waals surface area contributed by atoms with Crippen molar-refractivity contribution < 1.29 is 9.21 Å². The van der Waals surface area contributed by atoms with Crippen LogP contribution in [-0.2, 0) is 11.2 Å². The smallest absolute Gasteiger partial charge is 0.223 e. The molecule has 0 aliphatic carbocycles. The largest absolute Gasteiger partial charge is 0.441 e. The molecule has 1 fully saturated rings. The van der Waals surface area contributed by atoms with Gasteiger partial charge in [0.15, 0.2) is 11.5 Å². The molecule has 2 aromatic carbocycles. The van der Waals surface area contributed by atoms with E-state index in [2.05, 4.69) is 10.3 Å². The summed E-state index contributed by atoms with van der Waals surface area (Å²) in [5.41, 5.74) is 2.64. The Hall–Kier alpha value is -2.37. The van der Waals surface area contributed by atoms with Crippen molar-refractivity contribution in [1.82, 2.24) is 15.2 Å². The van der Waals surface area contributed by atoms with E-state index in [0.717, 1.165) is 29.8 Å². The zero-order valence-corrected chi connectivity index (χ0v) is 15.1. The number of carbonyl (C=O) groups is 1. The summed E-state index contributed by atoms with van der Waals surface area (Å²) in [5.74, 6) is 0.715. The van der Waals surface area contributed by atoms with Crippen molar-refractivity contribution in [3.8, 4) is 0 Å². The first-order chi connectivity index (χ1) is 12.7. The lowest BCUT2D eigenvalue weighted by Gasteiger charge is -2.36. The fourth-order valence-corrected chi connectivity index (χ4v) is 3.60. The number of para-hydroxylation sites is 2. The number of carbonyl (C=O) groups excluding carboxylic acids is 1. The van der Waals surface area contributed by atoms with Crippen molar-refractivity contribution in [3.63, 3.8) is 0 Å². The van der Waals surface area contributed by atoms with E-state index < -0.39 is 0 Å². The molecule has 1 aliphatic heterocycles. The lowest BCUT2D eigenvalue weighted by Crippen LogP contribution is -2.48. The number of aromatic nitrogens is 1. The Morgan fingerprint density at radius 2 is 2.15 bits per heavy atom. The average molecular weight is 370 g/mol. The fraction of sp³-hybridized carbons (Fsp3) is 0.300. The maximum absolute atomic E-state index is 12.9. The van der Waals surface area contributed by atoms with Crippen LogP contribution in [0.2, 0.25) is 5.02 Å². The number of piperazine rings is 1. The van der Waals surface area contributed by atoms with Crippen molar-refractivity contribution in [2.75, 3.05) is 19.6 Å². The van der Waals surface area contributed by atoms with E-state index in [1.807, 2.05) is 53.4 Å². The molecule has 2 heterocycles. The number of oxazole rings is 1. The van der Waals surface area contributed by atoms with Crippen LogP contribution in [-0.4, -0.2) is 35.4 Å². The van der Waals surface area contributed by atoms with Gasteiger partial charge in [0, 0.05) is 37.5 Å². The van der Waals surface area contributed by atoms with Crippen molar-refractivity contribution in [2.45, 2.75) is 18.9 Å². The molecule has 3 aromatic rings. The van der Waals surface area contributed by atoms with Gasteiger partial charge in [-0.3, -0.25) is 4.79 Å². The second kappa shape index (κ2) is 7.48. The maximum Gasteiger partial charge on any atom is 0.223 e.